The second-order valence-electron chi connectivity index (χ2n) is 9.96. The molecule has 0 aliphatic carbocycles. The number of carbonyl (C=O) groups excluding carboxylic acids is 1. The van der Waals surface area contributed by atoms with Gasteiger partial charge in [0, 0.05) is 31.6 Å². The Labute approximate surface area is 224 Å². The number of sulfonamides is 1. The number of fused-ring (bicyclic) bond motifs is 3. The van der Waals surface area contributed by atoms with Gasteiger partial charge in [-0.2, -0.15) is 4.31 Å². The van der Waals surface area contributed by atoms with Gasteiger partial charge in [0.15, 0.2) is 5.76 Å². The predicted molar refractivity (Wildman–Crippen MR) is 143 cm³/mol. The summed E-state index contributed by atoms with van der Waals surface area (Å²) >= 11 is 0. The van der Waals surface area contributed by atoms with Crippen LogP contribution in [-0.4, -0.2) is 72.7 Å². The van der Waals surface area contributed by atoms with Crippen LogP contribution in [0.5, 0.6) is 0 Å². The van der Waals surface area contributed by atoms with E-state index in [0.717, 1.165) is 16.7 Å². The zero-order valence-electron chi connectivity index (χ0n) is 22.4. The van der Waals surface area contributed by atoms with Crippen LogP contribution in [-0.2, 0) is 21.4 Å². The van der Waals surface area contributed by atoms with Gasteiger partial charge in [0.1, 0.15) is 10.6 Å². The Bertz CT molecular complexity index is 1380. The molecule has 4 rings (SSSR count). The first-order valence-corrected chi connectivity index (χ1v) is 14.1. The number of hydrogen-bond acceptors (Lipinski definition) is 7. The predicted octanol–water partition coefficient (Wildman–Crippen LogP) is 3.64. The summed E-state index contributed by atoms with van der Waals surface area (Å²) in [7, 11) is -2.39. The molecule has 0 radical (unpaired) electrons. The maximum Gasteiger partial charge on any atom is 0.254 e. The molecule has 0 spiro atoms. The van der Waals surface area contributed by atoms with Crippen molar-refractivity contribution >= 4 is 15.9 Å². The van der Waals surface area contributed by atoms with E-state index in [9.17, 15) is 18.3 Å². The van der Waals surface area contributed by atoms with Gasteiger partial charge >= 0.3 is 0 Å². The first-order chi connectivity index (χ1) is 18.1. The second-order valence-corrected chi connectivity index (χ2v) is 11.9. The fraction of sp³-hybridized carbons (Fsp3) is 0.429. The summed E-state index contributed by atoms with van der Waals surface area (Å²) in [4.78, 5) is 15.6. The average molecular weight is 542 g/mol. The third-order valence-corrected chi connectivity index (χ3v) is 9.24. The maximum absolute atomic E-state index is 13.9. The summed E-state index contributed by atoms with van der Waals surface area (Å²) < 4.78 is 39.7. The van der Waals surface area contributed by atoms with Crippen LogP contribution in [0, 0.1) is 19.8 Å². The molecule has 0 bridgehead atoms. The molecule has 0 unspecified atom stereocenters. The Balaban J connectivity index is 1.75. The van der Waals surface area contributed by atoms with Crippen molar-refractivity contribution in [1.29, 1.82) is 0 Å². The first kappa shape index (κ1) is 28.0. The Morgan fingerprint density at radius 1 is 1.11 bits per heavy atom. The average Bonchev–Trinajstić information content (AvgIpc) is 3.25. The standard InChI is InChI=1S/C28H35N3O6S/c1-18-14-31(19(2)16-32)28(33)25-13-9-8-12-24(25)23-11-7-6-10-22(23)17-36-26(18)15-30(5)38(34,35)27-20(3)29-37-21(27)4/h6-13,18-19,26,32H,14-17H2,1-5H3/t18-,19-,26+/m1/s1. The van der Waals surface area contributed by atoms with Gasteiger partial charge in [0.05, 0.1) is 25.4 Å². The molecule has 38 heavy (non-hydrogen) atoms. The highest BCUT2D eigenvalue weighted by Crippen LogP contribution is 2.31. The molecule has 9 nitrogen and oxygen atoms in total. The number of likely N-dealkylation sites (N-methyl/N-ethyl adjacent to an activating group) is 1. The van der Waals surface area contributed by atoms with Gasteiger partial charge in [0.25, 0.3) is 5.91 Å². The third kappa shape index (κ3) is 5.40. The molecule has 0 saturated heterocycles. The number of aryl methyl sites for hydroxylation is 2. The minimum atomic E-state index is -3.90. The SMILES string of the molecule is Cc1noc(C)c1S(=O)(=O)N(C)C[C@@H]1OCc2ccccc2-c2ccccc2C(=O)N([C@H](C)CO)C[C@H]1C. The van der Waals surface area contributed by atoms with Crippen LogP contribution >= 0.6 is 0 Å². The molecule has 2 heterocycles. The van der Waals surface area contributed by atoms with Crippen molar-refractivity contribution in [3.05, 3.63) is 71.1 Å². The Hall–Kier alpha value is -3.05. The van der Waals surface area contributed by atoms with Gasteiger partial charge in [-0.1, -0.05) is 54.5 Å². The van der Waals surface area contributed by atoms with E-state index in [1.165, 1.54) is 11.4 Å². The number of hydrogen-bond donors (Lipinski definition) is 1. The van der Waals surface area contributed by atoms with Crippen LogP contribution in [0.2, 0.25) is 0 Å². The lowest BCUT2D eigenvalue weighted by molar-refractivity contribution is -0.0146. The molecule has 2 aromatic carbocycles. The summed E-state index contributed by atoms with van der Waals surface area (Å²) in [6, 6.07) is 14.7. The van der Waals surface area contributed by atoms with E-state index in [4.69, 9.17) is 9.26 Å². The molecular formula is C28H35N3O6S. The monoisotopic (exact) mass is 541 g/mol. The van der Waals surface area contributed by atoms with Gasteiger partial charge in [-0.05, 0) is 43.5 Å². The number of carbonyl (C=O) groups is 1. The number of aliphatic hydroxyl groups excluding tert-OH is 1. The number of rotatable bonds is 6. The molecule has 0 fully saturated rings. The van der Waals surface area contributed by atoms with Gasteiger partial charge in [-0.15, -0.1) is 0 Å². The first-order valence-electron chi connectivity index (χ1n) is 12.7. The van der Waals surface area contributed by atoms with Crippen molar-refractivity contribution in [3.63, 3.8) is 0 Å². The molecule has 204 valence electrons. The molecule has 3 aromatic rings. The highest BCUT2D eigenvalue weighted by Gasteiger charge is 2.34. The minimum Gasteiger partial charge on any atom is -0.394 e. The maximum atomic E-state index is 13.9. The third-order valence-electron chi connectivity index (χ3n) is 7.17. The minimum absolute atomic E-state index is 0.0517. The van der Waals surface area contributed by atoms with E-state index in [2.05, 4.69) is 5.16 Å². The van der Waals surface area contributed by atoms with E-state index in [1.54, 1.807) is 31.7 Å². The van der Waals surface area contributed by atoms with E-state index >= 15 is 0 Å². The van der Waals surface area contributed by atoms with Crippen molar-refractivity contribution in [1.82, 2.24) is 14.4 Å². The number of ether oxygens (including phenoxy) is 1. The lowest BCUT2D eigenvalue weighted by atomic mass is 9.94. The van der Waals surface area contributed by atoms with E-state index < -0.39 is 22.2 Å². The second kappa shape index (κ2) is 11.4. The molecule has 1 aliphatic rings. The number of benzene rings is 2. The number of nitrogens with zero attached hydrogens (tertiary/aromatic N) is 3. The zero-order valence-corrected chi connectivity index (χ0v) is 23.2. The summed E-state index contributed by atoms with van der Waals surface area (Å²) in [6.07, 6.45) is -0.550. The largest absolute Gasteiger partial charge is 0.394 e. The lowest BCUT2D eigenvalue weighted by Crippen LogP contribution is -2.47. The van der Waals surface area contributed by atoms with Crippen LogP contribution in [0.25, 0.3) is 11.1 Å². The summed E-state index contributed by atoms with van der Waals surface area (Å²) in [6.45, 7) is 7.25. The van der Waals surface area contributed by atoms with Crippen LogP contribution < -0.4 is 0 Å². The normalized spacial score (nSPS) is 19.6. The van der Waals surface area contributed by atoms with Crippen molar-refractivity contribution < 1.29 is 27.6 Å². The Kier molecular flexibility index (Phi) is 8.37. The highest BCUT2D eigenvalue weighted by molar-refractivity contribution is 7.89. The topological polar surface area (TPSA) is 113 Å². The molecular weight excluding hydrogens is 506 g/mol. The van der Waals surface area contributed by atoms with E-state index in [-0.39, 0.29) is 48.8 Å². The number of aliphatic hydroxyl groups is 1. The molecule has 1 amide bonds. The molecule has 1 N–H and O–H groups in total. The van der Waals surface area contributed by atoms with Gasteiger partial charge < -0.3 is 19.3 Å². The van der Waals surface area contributed by atoms with Crippen LogP contribution in [0.15, 0.2) is 57.9 Å². The number of aromatic nitrogens is 1. The molecule has 1 aromatic heterocycles. The summed E-state index contributed by atoms with van der Waals surface area (Å²) in [5.74, 6) is -0.222. The fourth-order valence-electron chi connectivity index (χ4n) is 4.90. The lowest BCUT2D eigenvalue weighted by Gasteiger charge is -2.35. The highest BCUT2D eigenvalue weighted by atomic mass is 32.2. The molecule has 3 atom stereocenters. The Morgan fingerprint density at radius 3 is 2.37 bits per heavy atom. The van der Waals surface area contributed by atoms with Crippen LogP contribution in [0.1, 0.15) is 41.2 Å². The van der Waals surface area contributed by atoms with E-state index in [0.29, 0.717) is 11.3 Å². The fourth-order valence-corrected chi connectivity index (χ4v) is 6.37. The zero-order chi connectivity index (χ0) is 27.6. The van der Waals surface area contributed by atoms with Gasteiger partial charge in [-0.25, -0.2) is 8.42 Å². The summed E-state index contributed by atoms with van der Waals surface area (Å²) in [5.41, 5.74) is 3.40. The summed E-state index contributed by atoms with van der Waals surface area (Å²) in [5, 5.41) is 13.8. The van der Waals surface area contributed by atoms with Crippen LogP contribution in [0.3, 0.4) is 0 Å². The van der Waals surface area contributed by atoms with Crippen molar-refractivity contribution in [3.8, 4) is 11.1 Å². The van der Waals surface area contributed by atoms with Gasteiger partial charge in [0.2, 0.25) is 10.0 Å². The van der Waals surface area contributed by atoms with Crippen molar-refractivity contribution in [2.24, 2.45) is 5.92 Å². The van der Waals surface area contributed by atoms with Gasteiger partial charge in [-0.3, -0.25) is 4.79 Å². The smallest absolute Gasteiger partial charge is 0.254 e. The number of amides is 1. The van der Waals surface area contributed by atoms with Crippen molar-refractivity contribution in [2.75, 3.05) is 26.7 Å². The van der Waals surface area contributed by atoms with Crippen molar-refractivity contribution in [2.45, 2.75) is 51.3 Å². The Morgan fingerprint density at radius 2 is 1.74 bits per heavy atom. The van der Waals surface area contributed by atoms with Crippen LogP contribution in [0.4, 0.5) is 0 Å². The molecule has 10 heteroatoms. The molecule has 1 aliphatic heterocycles. The molecule has 0 saturated carbocycles. The quantitative estimate of drug-likeness (QED) is 0.507. The van der Waals surface area contributed by atoms with E-state index in [1.807, 2.05) is 49.4 Å².